The summed E-state index contributed by atoms with van der Waals surface area (Å²) < 4.78 is 5.23. The molecule has 21 heavy (non-hydrogen) atoms. The number of carbonyl (C=O) groups is 2. The molecule has 0 aliphatic carbocycles. The van der Waals surface area contributed by atoms with Crippen LogP contribution in [0.25, 0.3) is 0 Å². The summed E-state index contributed by atoms with van der Waals surface area (Å²) in [6.07, 6.45) is 4.28. The van der Waals surface area contributed by atoms with Crippen LogP contribution in [0.4, 0.5) is 0 Å². The molecular weight excluding hydrogens is 294 g/mol. The lowest BCUT2D eigenvalue weighted by Gasteiger charge is -2.34. The predicted molar refractivity (Wildman–Crippen MR) is 82.3 cm³/mol. The average molecular weight is 320 g/mol. The van der Waals surface area contributed by atoms with Crippen LogP contribution in [-0.2, 0) is 14.3 Å². The normalized spacial score (nSPS) is 22.9. The molecule has 122 valence electrons. The van der Waals surface area contributed by atoms with Crippen LogP contribution < -0.4 is 11.1 Å². The Bertz CT molecular complexity index is 366. The molecule has 0 radical (unpaired) electrons. The number of halogens is 1. The van der Waals surface area contributed by atoms with E-state index in [4.69, 9.17) is 10.5 Å². The van der Waals surface area contributed by atoms with Gasteiger partial charge in [-0.15, -0.1) is 12.4 Å². The predicted octanol–water partition coefficient (Wildman–Crippen LogP) is 0.433. The Balaban J connectivity index is 0.00000220. The van der Waals surface area contributed by atoms with Gasteiger partial charge < -0.3 is 20.7 Å². The molecule has 1 unspecified atom stereocenters. The number of nitrogens with one attached hydrogen (secondary N) is 1. The summed E-state index contributed by atoms with van der Waals surface area (Å²) in [7, 11) is 0. The van der Waals surface area contributed by atoms with Crippen molar-refractivity contribution >= 4 is 24.2 Å². The molecule has 2 amide bonds. The highest BCUT2D eigenvalue weighted by atomic mass is 35.5. The van der Waals surface area contributed by atoms with Crippen molar-refractivity contribution < 1.29 is 14.3 Å². The van der Waals surface area contributed by atoms with Crippen molar-refractivity contribution in [2.24, 2.45) is 5.73 Å². The lowest BCUT2D eigenvalue weighted by atomic mass is 9.90. The second kappa shape index (κ2) is 7.96. The fourth-order valence-corrected chi connectivity index (χ4v) is 2.75. The number of nitrogens with two attached hydrogens (primary N) is 1. The zero-order valence-electron chi connectivity index (χ0n) is 12.6. The summed E-state index contributed by atoms with van der Waals surface area (Å²) in [6.45, 7) is 4.32. The van der Waals surface area contributed by atoms with Crippen molar-refractivity contribution in [3.8, 4) is 0 Å². The van der Waals surface area contributed by atoms with Crippen molar-refractivity contribution in [3.63, 3.8) is 0 Å². The number of hydrogen-bond acceptors (Lipinski definition) is 4. The molecule has 2 rings (SSSR count). The van der Waals surface area contributed by atoms with Crippen LogP contribution in [0.15, 0.2) is 0 Å². The van der Waals surface area contributed by atoms with E-state index < -0.39 is 11.6 Å². The molecule has 0 aromatic carbocycles. The maximum Gasteiger partial charge on any atom is 0.244 e. The van der Waals surface area contributed by atoms with Crippen LogP contribution in [0.3, 0.4) is 0 Å². The summed E-state index contributed by atoms with van der Waals surface area (Å²) in [6, 6.07) is -0.510. The third-order valence-electron chi connectivity index (χ3n) is 4.22. The first kappa shape index (κ1) is 18.2. The van der Waals surface area contributed by atoms with Crippen LogP contribution in [-0.4, -0.2) is 54.6 Å². The van der Waals surface area contributed by atoms with Gasteiger partial charge in [-0.3, -0.25) is 9.59 Å². The third-order valence-corrected chi connectivity index (χ3v) is 4.22. The quantitative estimate of drug-likeness (QED) is 0.790. The van der Waals surface area contributed by atoms with Crippen molar-refractivity contribution in [2.75, 3.05) is 26.3 Å². The molecule has 0 aromatic heterocycles. The molecular formula is C14H26ClN3O3. The molecule has 2 aliphatic rings. The Morgan fingerprint density at radius 3 is 2.33 bits per heavy atom. The Morgan fingerprint density at radius 1 is 1.19 bits per heavy atom. The molecule has 0 aromatic rings. The molecule has 1 atom stereocenters. The van der Waals surface area contributed by atoms with E-state index in [0.717, 1.165) is 25.9 Å². The average Bonchev–Trinajstić information content (AvgIpc) is 2.48. The van der Waals surface area contributed by atoms with Gasteiger partial charge in [-0.2, -0.15) is 0 Å². The number of piperidine rings is 1. The van der Waals surface area contributed by atoms with Crippen LogP contribution >= 0.6 is 12.4 Å². The lowest BCUT2D eigenvalue weighted by Crippen LogP contribution is -2.60. The number of ether oxygens (including phenoxy) is 1. The minimum absolute atomic E-state index is 0. The van der Waals surface area contributed by atoms with Crippen molar-refractivity contribution in [1.29, 1.82) is 0 Å². The summed E-state index contributed by atoms with van der Waals surface area (Å²) in [4.78, 5) is 26.4. The zero-order valence-corrected chi connectivity index (χ0v) is 13.4. The highest BCUT2D eigenvalue weighted by Crippen LogP contribution is 2.18. The Kier molecular flexibility index (Phi) is 6.90. The highest BCUT2D eigenvalue weighted by molar-refractivity contribution is 5.91. The molecule has 6 nitrogen and oxygen atoms in total. The summed E-state index contributed by atoms with van der Waals surface area (Å²) in [5.74, 6) is -0.243. The SMILES string of the molecule is CC(NC(=O)C1(N)CCOCC1)C(=O)N1CCCCC1.Cl. The third kappa shape index (κ3) is 4.56. The first-order valence-electron chi connectivity index (χ1n) is 7.49. The van der Waals surface area contributed by atoms with Gasteiger partial charge in [0.05, 0.1) is 5.54 Å². The van der Waals surface area contributed by atoms with Crippen molar-refractivity contribution in [3.05, 3.63) is 0 Å². The molecule has 3 N–H and O–H groups in total. The largest absolute Gasteiger partial charge is 0.381 e. The second-order valence-electron chi connectivity index (χ2n) is 5.85. The van der Waals surface area contributed by atoms with Gasteiger partial charge in [-0.05, 0) is 39.0 Å². The summed E-state index contributed by atoms with van der Waals surface area (Å²) >= 11 is 0. The Labute approximate surface area is 132 Å². The van der Waals surface area contributed by atoms with Crippen molar-refractivity contribution in [2.45, 2.75) is 50.6 Å². The van der Waals surface area contributed by atoms with Gasteiger partial charge in [0, 0.05) is 26.3 Å². The van der Waals surface area contributed by atoms with Gasteiger partial charge in [0.15, 0.2) is 0 Å². The van der Waals surface area contributed by atoms with Gasteiger partial charge >= 0.3 is 0 Å². The molecule has 0 bridgehead atoms. The van der Waals surface area contributed by atoms with Crippen LogP contribution in [0, 0.1) is 0 Å². The Hall–Kier alpha value is -0.850. The molecule has 2 saturated heterocycles. The molecule has 2 heterocycles. The number of amides is 2. The summed E-state index contributed by atoms with van der Waals surface area (Å²) in [5, 5.41) is 2.78. The van der Waals surface area contributed by atoms with Gasteiger partial charge in [0.2, 0.25) is 11.8 Å². The zero-order chi connectivity index (χ0) is 14.6. The van der Waals surface area contributed by atoms with E-state index in [0.29, 0.717) is 26.1 Å². The van der Waals surface area contributed by atoms with Crippen molar-refractivity contribution in [1.82, 2.24) is 10.2 Å². The number of likely N-dealkylation sites (tertiary alicyclic amines) is 1. The van der Waals surface area contributed by atoms with E-state index in [-0.39, 0.29) is 24.2 Å². The van der Waals surface area contributed by atoms with Gasteiger partial charge in [0.1, 0.15) is 6.04 Å². The molecule has 7 heteroatoms. The van der Waals surface area contributed by atoms with E-state index in [2.05, 4.69) is 5.32 Å². The number of carbonyl (C=O) groups excluding carboxylic acids is 2. The number of rotatable bonds is 3. The minimum Gasteiger partial charge on any atom is -0.381 e. The second-order valence-corrected chi connectivity index (χ2v) is 5.85. The first-order chi connectivity index (χ1) is 9.53. The minimum atomic E-state index is -0.894. The molecule has 0 spiro atoms. The molecule has 2 aliphatic heterocycles. The monoisotopic (exact) mass is 319 g/mol. The maximum absolute atomic E-state index is 12.3. The fraction of sp³-hybridized carbons (Fsp3) is 0.857. The van der Waals surface area contributed by atoms with Crippen LogP contribution in [0.5, 0.6) is 0 Å². The van der Waals surface area contributed by atoms with Gasteiger partial charge in [-0.25, -0.2) is 0 Å². The number of hydrogen-bond donors (Lipinski definition) is 2. The van der Waals surface area contributed by atoms with Gasteiger partial charge in [-0.1, -0.05) is 0 Å². The van der Waals surface area contributed by atoms with Crippen LogP contribution in [0.2, 0.25) is 0 Å². The fourth-order valence-electron chi connectivity index (χ4n) is 2.75. The van der Waals surface area contributed by atoms with E-state index in [1.165, 1.54) is 6.42 Å². The maximum atomic E-state index is 12.3. The van der Waals surface area contributed by atoms with E-state index in [9.17, 15) is 9.59 Å². The van der Waals surface area contributed by atoms with Gasteiger partial charge in [0.25, 0.3) is 0 Å². The first-order valence-corrected chi connectivity index (χ1v) is 7.49. The van der Waals surface area contributed by atoms with Crippen LogP contribution in [0.1, 0.15) is 39.0 Å². The van der Waals surface area contributed by atoms with E-state index in [1.54, 1.807) is 6.92 Å². The van der Waals surface area contributed by atoms with E-state index in [1.807, 2.05) is 4.90 Å². The number of nitrogens with zero attached hydrogens (tertiary/aromatic N) is 1. The topological polar surface area (TPSA) is 84.7 Å². The Morgan fingerprint density at radius 2 is 1.76 bits per heavy atom. The standard InChI is InChI=1S/C14H25N3O3.ClH/c1-11(12(18)17-7-3-2-4-8-17)16-13(19)14(15)5-9-20-10-6-14;/h11H,2-10,15H2,1H3,(H,16,19);1H. The molecule has 2 fully saturated rings. The highest BCUT2D eigenvalue weighted by Gasteiger charge is 2.37. The smallest absolute Gasteiger partial charge is 0.244 e. The molecule has 0 saturated carbocycles. The summed E-state index contributed by atoms with van der Waals surface area (Å²) in [5.41, 5.74) is 5.22. The van der Waals surface area contributed by atoms with E-state index >= 15 is 0 Å². The lowest BCUT2D eigenvalue weighted by molar-refractivity contribution is -0.139.